The summed E-state index contributed by atoms with van der Waals surface area (Å²) in [6.45, 7) is 6.87. The summed E-state index contributed by atoms with van der Waals surface area (Å²) >= 11 is 0. The largest absolute Gasteiger partial charge is 0.381 e. The maximum Gasteiger partial charge on any atom is 0.240 e. The fourth-order valence-electron chi connectivity index (χ4n) is 1.84. The predicted octanol–water partition coefficient (Wildman–Crippen LogP) is 0.0522. The molecule has 1 unspecified atom stereocenters. The minimum absolute atomic E-state index is 0.125. The van der Waals surface area contributed by atoms with Gasteiger partial charge >= 0.3 is 0 Å². The van der Waals surface area contributed by atoms with Crippen molar-refractivity contribution in [1.29, 1.82) is 0 Å². The van der Waals surface area contributed by atoms with Gasteiger partial charge in [-0.1, -0.05) is 5.16 Å². The van der Waals surface area contributed by atoms with Crippen LogP contribution in [0.2, 0.25) is 0 Å². The first kappa shape index (κ1) is 12.5. The lowest BCUT2D eigenvalue weighted by atomic mass is 10.3. The van der Waals surface area contributed by atoms with Gasteiger partial charge in [0.2, 0.25) is 5.89 Å². The first-order valence-electron chi connectivity index (χ1n) is 6.05. The minimum atomic E-state index is 0.125. The van der Waals surface area contributed by atoms with Crippen LogP contribution in [0.1, 0.15) is 18.6 Å². The number of ether oxygens (including phenoxy) is 1. The molecule has 0 aliphatic carbocycles. The van der Waals surface area contributed by atoms with Gasteiger partial charge in [0.25, 0.3) is 0 Å². The number of aromatic nitrogens is 2. The number of nitrogens with one attached hydrogen (secondary N) is 1. The number of rotatable bonds is 5. The van der Waals surface area contributed by atoms with Gasteiger partial charge in [-0.05, 0) is 6.92 Å². The van der Waals surface area contributed by atoms with Gasteiger partial charge in [0.1, 0.15) is 0 Å². The summed E-state index contributed by atoms with van der Waals surface area (Å²) in [6, 6.07) is 0. The van der Waals surface area contributed by atoms with Crippen molar-refractivity contribution in [3.05, 3.63) is 11.7 Å². The van der Waals surface area contributed by atoms with Gasteiger partial charge in [-0.15, -0.1) is 0 Å². The zero-order chi connectivity index (χ0) is 12.1. The van der Waals surface area contributed by atoms with E-state index in [0.717, 1.165) is 38.5 Å². The lowest BCUT2D eigenvalue weighted by Gasteiger charge is -2.25. The second kappa shape index (κ2) is 6.09. The van der Waals surface area contributed by atoms with Gasteiger partial charge < -0.3 is 14.6 Å². The van der Waals surface area contributed by atoms with E-state index in [0.29, 0.717) is 12.3 Å². The second-order valence-electron chi connectivity index (χ2n) is 4.38. The summed E-state index contributed by atoms with van der Waals surface area (Å²) in [5.41, 5.74) is 0. The smallest absolute Gasteiger partial charge is 0.240 e. The number of hydrogen-bond donors (Lipinski definition) is 1. The van der Waals surface area contributed by atoms with Crippen molar-refractivity contribution >= 4 is 0 Å². The zero-order valence-electron chi connectivity index (χ0n) is 10.5. The third kappa shape index (κ3) is 3.76. The highest BCUT2D eigenvalue weighted by Gasteiger charge is 2.15. The van der Waals surface area contributed by atoms with Gasteiger partial charge in [0.15, 0.2) is 5.82 Å². The van der Waals surface area contributed by atoms with Crippen molar-refractivity contribution < 1.29 is 9.26 Å². The number of nitrogens with zero attached hydrogens (tertiary/aromatic N) is 3. The highest BCUT2D eigenvalue weighted by atomic mass is 16.5. The van der Waals surface area contributed by atoms with Crippen LogP contribution < -0.4 is 5.32 Å². The molecule has 1 aromatic rings. The molecule has 6 heteroatoms. The molecule has 0 bridgehead atoms. The summed E-state index contributed by atoms with van der Waals surface area (Å²) in [6.07, 6.45) is 0.821. The molecule has 1 fully saturated rings. The lowest BCUT2D eigenvalue weighted by molar-refractivity contribution is 0.116. The van der Waals surface area contributed by atoms with Gasteiger partial charge in [-0.2, -0.15) is 4.98 Å². The molecule has 0 saturated carbocycles. The second-order valence-corrected chi connectivity index (χ2v) is 4.38. The molecule has 1 atom stereocenters. The molecule has 6 nitrogen and oxygen atoms in total. The molecule has 1 saturated heterocycles. The highest BCUT2D eigenvalue weighted by molar-refractivity contribution is 4.88. The summed E-state index contributed by atoms with van der Waals surface area (Å²) in [7, 11) is 1.69. The Balaban J connectivity index is 1.84. The Morgan fingerprint density at radius 1 is 1.47 bits per heavy atom. The monoisotopic (exact) mass is 240 g/mol. The Bertz CT molecular complexity index is 336. The van der Waals surface area contributed by atoms with E-state index in [4.69, 9.17) is 9.26 Å². The number of methoxy groups -OCH3 is 1. The molecule has 0 amide bonds. The average Bonchev–Trinajstić information content (AvgIpc) is 2.77. The van der Waals surface area contributed by atoms with Crippen molar-refractivity contribution in [2.75, 3.05) is 33.3 Å². The van der Waals surface area contributed by atoms with E-state index >= 15 is 0 Å². The van der Waals surface area contributed by atoms with E-state index in [1.807, 2.05) is 6.92 Å². The van der Waals surface area contributed by atoms with Gasteiger partial charge in [0.05, 0.1) is 12.6 Å². The molecule has 1 aliphatic rings. The average molecular weight is 240 g/mol. The van der Waals surface area contributed by atoms with E-state index in [1.165, 1.54) is 0 Å². The van der Waals surface area contributed by atoms with E-state index < -0.39 is 0 Å². The quantitative estimate of drug-likeness (QED) is 0.785. The Morgan fingerprint density at radius 3 is 2.94 bits per heavy atom. The van der Waals surface area contributed by atoms with Crippen molar-refractivity contribution in [2.24, 2.45) is 0 Å². The van der Waals surface area contributed by atoms with Crippen LogP contribution in [0, 0.1) is 0 Å². The molecule has 17 heavy (non-hydrogen) atoms. The molecule has 0 spiro atoms. The van der Waals surface area contributed by atoms with E-state index in [1.54, 1.807) is 7.11 Å². The van der Waals surface area contributed by atoms with E-state index in [9.17, 15) is 0 Å². The zero-order valence-corrected chi connectivity index (χ0v) is 10.5. The van der Waals surface area contributed by atoms with Gasteiger partial charge in [-0.3, -0.25) is 4.90 Å². The van der Waals surface area contributed by atoms with Gasteiger partial charge in [-0.25, -0.2) is 0 Å². The van der Waals surface area contributed by atoms with Crippen LogP contribution in [0.25, 0.3) is 0 Å². The Morgan fingerprint density at radius 2 is 2.24 bits per heavy atom. The predicted molar refractivity (Wildman–Crippen MR) is 62.6 cm³/mol. The highest BCUT2D eigenvalue weighted by Crippen LogP contribution is 2.06. The topological polar surface area (TPSA) is 63.4 Å². The molecule has 0 aromatic carbocycles. The number of piperazine rings is 1. The van der Waals surface area contributed by atoms with Crippen molar-refractivity contribution in [3.63, 3.8) is 0 Å². The summed E-state index contributed by atoms with van der Waals surface area (Å²) < 4.78 is 10.4. The van der Waals surface area contributed by atoms with Crippen molar-refractivity contribution in [1.82, 2.24) is 20.4 Å². The van der Waals surface area contributed by atoms with Crippen LogP contribution in [0.15, 0.2) is 4.52 Å². The summed E-state index contributed by atoms with van der Waals surface area (Å²) in [4.78, 5) is 6.69. The van der Waals surface area contributed by atoms with E-state index in [2.05, 4.69) is 20.4 Å². The van der Waals surface area contributed by atoms with Crippen LogP contribution in [-0.2, 0) is 17.7 Å². The molecular weight excluding hydrogens is 220 g/mol. The molecular formula is C11H20N4O2. The molecule has 0 radical (unpaired) electrons. The van der Waals surface area contributed by atoms with Crippen LogP contribution in [0.5, 0.6) is 0 Å². The van der Waals surface area contributed by atoms with Crippen molar-refractivity contribution in [2.45, 2.75) is 26.0 Å². The molecule has 1 aromatic heterocycles. The van der Waals surface area contributed by atoms with Gasteiger partial charge in [0, 0.05) is 39.7 Å². The maximum absolute atomic E-state index is 5.23. The number of hydrogen-bond acceptors (Lipinski definition) is 6. The minimum Gasteiger partial charge on any atom is -0.381 e. The first-order valence-corrected chi connectivity index (χ1v) is 6.05. The Hall–Kier alpha value is -0.980. The molecule has 96 valence electrons. The maximum atomic E-state index is 5.23. The summed E-state index contributed by atoms with van der Waals surface area (Å²) in [5, 5.41) is 7.28. The van der Waals surface area contributed by atoms with E-state index in [-0.39, 0.29) is 6.10 Å². The van der Waals surface area contributed by atoms with Crippen LogP contribution in [0.4, 0.5) is 0 Å². The Labute approximate surface area is 101 Å². The molecule has 1 N–H and O–H groups in total. The lowest BCUT2D eigenvalue weighted by Crippen LogP contribution is -2.42. The van der Waals surface area contributed by atoms with Crippen LogP contribution in [0.3, 0.4) is 0 Å². The molecule has 1 aliphatic heterocycles. The molecule has 2 heterocycles. The third-order valence-corrected chi connectivity index (χ3v) is 2.95. The normalized spacial score (nSPS) is 19.4. The Kier molecular flexibility index (Phi) is 4.47. The standard InChI is InChI=1S/C11H20N4O2/c1-9(16-2)7-10-13-11(17-14-10)8-15-5-3-12-4-6-15/h9,12H,3-8H2,1-2H3. The van der Waals surface area contributed by atoms with Crippen LogP contribution in [-0.4, -0.2) is 54.4 Å². The summed E-state index contributed by atoms with van der Waals surface area (Å²) in [5.74, 6) is 1.43. The fraction of sp³-hybridized carbons (Fsp3) is 0.818. The fourth-order valence-corrected chi connectivity index (χ4v) is 1.84. The van der Waals surface area contributed by atoms with Crippen LogP contribution >= 0.6 is 0 Å². The molecule has 2 rings (SSSR count). The van der Waals surface area contributed by atoms with Crippen molar-refractivity contribution in [3.8, 4) is 0 Å². The SMILES string of the molecule is COC(C)Cc1noc(CN2CCNCC2)n1. The third-order valence-electron chi connectivity index (χ3n) is 2.95. The first-order chi connectivity index (χ1) is 8.28.